The van der Waals surface area contributed by atoms with Gasteiger partial charge in [-0.2, -0.15) is 0 Å². The molecule has 2 aromatic carbocycles. The fraction of sp³-hybridized carbons (Fsp3) is 0.458. The fourth-order valence-electron chi connectivity index (χ4n) is 4.83. The summed E-state index contributed by atoms with van der Waals surface area (Å²) in [4.78, 5) is 17.8. The summed E-state index contributed by atoms with van der Waals surface area (Å²) in [6, 6.07) is 14.2. The molecule has 4 rings (SSSR count). The molecule has 1 saturated heterocycles. The fourth-order valence-corrected chi connectivity index (χ4v) is 5.37. The van der Waals surface area contributed by atoms with Gasteiger partial charge in [-0.25, -0.2) is 0 Å². The number of amides is 1. The minimum Gasteiger partial charge on any atom is -0.369 e. The number of benzene rings is 2. The summed E-state index contributed by atoms with van der Waals surface area (Å²) >= 11 is 9.70. The Bertz CT molecular complexity index is 913. The Labute approximate surface area is 192 Å². The van der Waals surface area contributed by atoms with Crippen LogP contribution in [0.1, 0.15) is 38.2 Å². The van der Waals surface area contributed by atoms with Gasteiger partial charge in [-0.05, 0) is 67.8 Å². The number of rotatable bonds is 7. The van der Waals surface area contributed by atoms with E-state index in [1.54, 1.807) is 0 Å². The third-order valence-electron chi connectivity index (χ3n) is 6.66. The lowest BCUT2D eigenvalue weighted by Crippen LogP contribution is -2.46. The molecule has 1 atom stereocenters. The molecule has 0 aliphatic carbocycles. The van der Waals surface area contributed by atoms with E-state index in [0.29, 0.717) is 0 Å². The van der Waals surface area contributed by atoms with Crippen LogP contribution in [0.3, 0.4) is 0 Å². The first-order valence-corrected chi connectivity index (χ1v) is 12.0. The van der Waals surface area contributed by atoms with Crippen molar-refractivity contribution in [2.24, 2.45) is 0 Å². The van der Waals surface area contributed by atoms with Gasteiger partial charge in [0.25, 0.3) is 0 Å². The van der Waals surface area contributed by atoms with E-state index in [1.807, 2.05) is 30.3 Å². The summed E-state index contributed by atoms with van der Waals surface area (Å²) in [7, 11) is 0. The van der Waals surface area contributed by atoms with Crippen LogP contribution in [0.15, 0.2) is 46.9 Å². The van der Waals surface area contributed by atoms with E-state index in [2.05, 4.69) is 50.1 Å². The van der Waals surface area contributed by atoms with Gasteiger partial charge in [0.1, 0.15) is 0 Å². The molecule has 2 aromatic rings. The highest BCUT2D eigenvalue weighted by atomic mass is 79.9. The molecule has 2 aliphatic heterocycles. The summed E-state index contributed by atoms with van der Waals surface area (Å²) in [5, 5.41) is 3.89. The van der Waals surface area contributed by atoms with Crippen molar-refractivity contribution >= 4 is 44.8 Å². The summed E-state index contributed by atoms with van der Waals surface area (Å²) in [6.45, 7) is 7.43. The third-order valence-corrected chi connectivity index (χ3v) is 7.39. The van der Waals surface area contributed by atoms with Crippen LogP contribution in [0, 0.1) is 0 Å². The zero-order chi connectivity index (χ0) is 21.1. The number of halogens is 2. The smallest absolute Gasteiger partial charge is 0.235 e. The van der Waals surface area contributed by atoms with E-state index in [1.165, 1.54) is 5.69 Å². The van der Waals surface area contributed by atoms with Crippen molar-refractivity contribution in [1.29, 1.82) is 0 Å². The molecule has 30 heavy (non-hydrogen) atoms. The minimum atomic E-state index is -0.385. The molecule has 0 saturated carbocycles. The molecule has 2 heterocycles. The number of nitrogens with zero attached hydrogens (tertiary/aromatic N) is 2. The topological polar surface area (TPSA) is 35.6 Å². The number of unbranched alkanes of at least 4 members (excludes halogenated alkanes) is 1. The van der Waals surface area contributed by atoms with Gasteiger partial charge in [-0.3, -0.25) is 9.69 Å². The second-order valence-electron chi connectivity index (χ2n) is 8.35. The van der Waals surface area contributed by atoms with E-state index < -0.39 is 0 Å². The van der Waals surface area contributed by atoms with Crippen molar-refractivity contribution in [3.8, 4) is 0 Å². The van der Waals surface area contributed by atoms with E-state index in [0.717, 1.165) is 79.2 Å². The van der Waals surface area contributed by atoms with Gasteiger partial charge in [-0.1, -0.05) is 46.9 Å². The molecule has 1 N–H and O–H groups in total. The lowest BCUT2D eigenvalue weighted by molar-refractivity contribution is -0.121. The summed E-state index contributed by atoms with van der Waals surface area (Å²) in [6.07, 6.45) is 3.92. The second kappa shape index (κ2) is 9.29. The Morgan fingerprint density at radius 2 is 1.90 bits per heavy atom. The predicted molar refractivity (Wildman–Crippen MR) is 129 cm³/mol. The Hall–Kier alpha value is -1.56. The van der Waals surface area contributed by atoms with Crippen LogP contribution in [0.25, 0.3) is 0 Å². The maximum atomic E-state index is 12.8. The number of carbonyl (C=O) groups excluding carboxylic acids is 1. The van der Waals surface area contributed by atoms with Crippen LogP contribution in [0.4, 0.5) is 11.4 Å². The van der Waals surface area contributed by atoms with E-state index in [-0.39, 0.29) is 11.3 Å². The monoisotopic (exact) mass is 489 g/mol. The quantitative estimate of drug-likeness (QED) is 0.506. The van der Waals surface area contributed by atoms with Gasteiger partial charge < -0.3 is 10.2 Å². The van der Waals surface area contributed by atoms with Gasteiger partial charge >= 0.3 is 0 Å². The standard InChI is InChI=1S/C24H29BrClN3O/c1-2-24(21-16-18(25)8-9-22(21)27-23(24)30)10-3-4-11-28-12-14-29(15-13-28)20-7-5-6-19(26)17-20/h5-9,16-17H,2-4,10-15H2,1H3,(H,27,30). The first-order valence-electron chi connectivity index (χ1n) is 10.9. The highest BCUT2D eigenvalue weighted by Crippen LogP contribution is 2.44. The summed E-state index contributed by atoms with van der Waals surface area (Å²) in [5.74, 6) is 0.160. The van der Waals surface area contributed by atoms with Crippen molar-refractivity contribution in [2.75, 3.05) is 42.9 Å². The van der Waals surface area contributed by atoms with Gasteiger partial charge in [0.15, 0.2) is 0 Å². The number of hydrogen-bond donors (Lipinski definition) is 1. The Morgan fingerprint density at radius 3 is 2.63 bits per heavy atom. The minimum absolute atomic E-state index is 0.160. The number of anilines is 2. The SMILES string of the molecule is CCC1(CCCCN2CCN(c3cccc(Cl)c3)CC2)C(=O)Nc2ccc(Br)cc21. The number of piperazine rings is 1. The maximum Gasteiger partial charge on any atom is 0.235 e. The molecule has 0 bridgehead atoms. The number of carbonyl (C=O) groups is 1. The molecule has 0 spiro atoms. The van der Waals surface area contributed by atoms with Crippen molar-refractivity contribution in [3.05, 3.63) is 57.5 Å². The molecule has 0 aromatic heterocycles. The Morgan fingerprint density at radius 1 is 1.10 bits per heavy atom. The molecule has 1 fully saturated rings. The lowest BCUT2D eigenvalue weighted by atomic mass is 9.75. The molecular weight excluding hydrogens is 462 g/mol. The molecule has 6 heteroatoms. The van der Waals surface area contributed by atoms with Crippen LogP contribution >= 0.6 is 27.5 Å². The average molecular weight is 491 g/mol. The van der Waals surface area contributed by atoms with Crippen molar-refractivity contribution in [2.45, 2.75) is 38.0 Å². The molecule has 1 amide bonds. The van der Waals surface area contributed by atoms with Crippen molar-refractivity contribution in [1.82, 2.24) is 4.90 Å². The van der Waals surface area contributed by atoms with Crippen LogP contribution in [0.2, 0.25) is 5.02 Å². The van der Waals surface area contributed by atoms with Gasteiger partial charge in [-0.15, -0.1) is 0 Å². The average Bonchev–Trinajstić information content (AvgIpc) is 3.02. The number of hydrogen-bond acceptors (Lipinski definition) is 3. The van der Waals surface area contributed by atoms with Crippen molar-refractivity contribution < 1.29 is 4.79 Å². The van der Waals surface area contributed by atoms with E-state index in [4.69, 9.17) is 11.6 Å². The van der Waals surface area contributed by atoms with Crippen LogP contribution in [0.5, 0.6) is 0 Å². The molecule has 2 aliphatic rings. The highest BCUT2D eigenvalue weighted by molar-refractivity contribution is 9.10. The molecular formula is C24H29BrClN3O. The Balaban J connectivity index is 1.28. The molecule has 0 radical (unpaired) electrons. The Kier molecular flexibility index (Phi) is 6.71. The van der Waals surface area contributed by atoms with Crippen LogP contribution in [-0.4, -0.2) is 43.5 Å². The first kappa shape index (κ1) is 21.7. The van der Waals surface area contributed by atoms with Gasteiger partial charge in [0.05, 0.1) is 5.41 Å². The number of fused-ring (bicyclic) bond motifs is 1. The van der Waals surface area contributed by atoms with Gasteiger partial charge in [0, 0.05) is 47.0 Å². The number of nitrogens with one attached hydrogen (secondary N) is 1. The molecule has 1 unspecified atom stereocenters. The summed E-state index contributed by atoms with van der Waals surface area (Å²) in [5.41, 5.74) is 2.95. The van der Waals surface area contributed by atoms with Gasteiger partial charge in [0.2, 0.25) is 5.91 Å². The van der Waals surface area contributed by atoms with E-state index >= 15 is 0 Å². The van der Waals surface area contributed by atoms with Crippen LogP contribution in [-0.2, 0) is 10.2 Å². The third kappa shape index (κ3) is 4.39. The molecule has 160 valence electrons. The largest absolute Gasteiger partial charge is 0.369 e. The van der Waals surface area contributed by atoms with Crippen molar-refractivity contribution in [3.63, 3.8) is 0 Å². The van der Waals surface area contributed by atoms with Crippen LogP contribution < -0.4 is 10.2 Å². The summed E-state index contributed by atoms with van der Waals surface area (Å²) < 4.78 is 1.04. The maximum absolute atomic E-state index is 12.8. The second-order valence-corrected chi connectivity index (χ2v) is 9.70. The highest BCUT2D eigenvalue weighted by Gasteiger charge is 2.44. The normalized spacial score (nSPS) is 21.6. The zero-order valence-corrected chi connectivity index (χ0v) is 19.8. The zero-order valence-electron chi connectivity index (χ0n) is 17.5. The van der Waals surface area contributed by atoms with E-state index in [9.17, 15) is 4.79 Å². The first-order chi connectivity index (χ1) is 14.5. The predicted octanol–water partition coefficient (Wildman–Crippen LogP) is 5.69. The molecule has 4 nitrogen and oxygen atoms in total. The lowest BCUT2D eigenvalue weighted by Gasteiger charge is -2.36.